The zero-order valence-electron chi connectivity index (χ0n) is 11.0. The van der Waals surface area contributed by atoms with E-state index in [1.54, 1.807) is 0 Å². The third-order valence-corrected chi connectivity index (χ3v) is 6.26. The van der Waals surface area contributed by atoms with Gasteiger partial charge in [-0.2, -0.15) is 4.31 Å². The molecule has 9 heteroatoms. The van der Waals surface area contributed by atoms with Gasteiger partial charge < -0.3 is 5.32 Å². The van der Waals surface area contributed by atoms with Gasteiger partial charge in [0.1, 0.15) is 5.02 Å². The summed E-state index contributed by atoms with van der Waals surface area (Å²) in [5, 5.41) is 14.1. The number of hydrogen-bond donors (Lipinski definition) is 1. The van der Waals surface area contributed by atoms with Gasteiger partial charge in [-0.1, -0.05) is 11.6 Å². The van der Waals surface area contributed by atoms with Crippen LogP contribution in [0.5, 0.6) is 0 Å². The molecule has 1 aromatic carbocycles. The van der Waals surface area contributed by atoms with Gasteiger partial charge in [-0.3, -0.25) is 10.1 Å². The first kappa shape index (κ1) is 14.7. The quantitative estimate of drug-likeness (QED) is 0.661. The van der Waals surface area contributed by atoms with Crippen molar-refractivity contribution in [1.82, 2.24) is 9.62 Å². The highest BCUT2D eigenvalue weighted by molar-refractivity contribution is 7.89. The maximum atomic E-state index is 12.6. The standard InChI is InChI=1S/C12H14ClN3O4S/c13-11-2-1-10(3-12(11)16(17)18)21(19,20)15-6-8-4-14-5-9(8)7-15/h1-3,8-9,14H,4-7H2/t8-,9+. The largest absolute Gasteiger partial charge is 0.316 e. The van der Waals surface area contributed by atoms with Crippen LogP contribution in [-0.4, -0.2) is 43.8 Å². The van der Waals surface area contributed by atoms with Crippen LogP contribution in [0.25, 0.3) is 0 Å². The Balaban J connectivity index is 1.92. The summed E-state index contributed by atoms with van der Waals surface area (Å²) in [6.07, 6.45) is 0. The average molecular weight is 332 g/mol. The molecule has 114 valence electrons. The van der Waals surface area contributed by atoms with Crippen LogP contribution in [0.4, 0.5) is 5.69 Å². The smallest absolute Gasteiger partial charge is 0.289 e. The lowest BCUT2D eigenvalue weighted by Crippen LogP contribution is -2.32. The molecule has 2 heterocycles. The van der Waals surface area contributed by atoms with Crippen molar-refractivity contribution < 1.29 is 13.3 Å². The molecule has 0 bridgehead atoms. The third kappa shape index (κ3) is 2.52. The van der Waals surface area contributed by atoms with Gasteiger partial charge in [0.25, 0.3) is 5.69 Å². The van der Waals surface area contributed by atoms with E-state index in [0.29, 0.717) is 24.9 Å². The Morgan fingerprint density at radius 3 is 2.48 bits per heavy atom. The topological polar surface area (TPSA) is 92.5 Å². The van der Waals surface area contributed by atoms with Crippen LogP contribution in [0.15, 0.2) is 23.1 Å². The molecule has 2 aliphatic rings. The van der Waals surface area contributed by atoms with E-state index in [1.807, 2.05) is 0 Å². The molecule has 2 aliphatic heterocycles. The van der Waals surface area contributed by atoms with Crippen LogP contribution in [-0.2, 0) is 10.0 Å². The molecule has 0 radical (unpaired) electrons. The predicted molar refractivity (Wildman–Crippen MR) is 76.7 cm³/mol. The highest BCUT2D eigenvalue weighted by Gasteiger charge is 2.41. The molecule has 7 nitrogen and oxygen atoms in total. The fourth-order valence-corrected chi connectivity index (χ4v) is 4.71. The van der Waals surface area contributed by atoms with E-state index in [1.165, 1.54) is 16.4 Å². The zero-order chi connectivity index (χ0) is 15.2. The summed E-state index contributed by atoms with van der Waals surface area (Å²) in [7, 11) is -3.71. The van der Waals surface area contributed by atoms with Crippen molar-refractivity contribution >= 4 is 27.3 Å². The van der Waals surface area contributed by atoms with E-state index < -0.39 is 20.6 Å². The molecule has 0 aliphatic carbocycles. The van der Waals surface area contributed by atoms with Crippen LogP contribution in [0.2, 0.25) is 5.02 Å². The van der Waals surface area contributed by atoms with Gasteiger partial charge >= 0.3 is 0 Å². The first-order valence-corrected chi connectivity index (χ1v) is 8.36. The van der Waals surface area contributed by atoms with Gasteiger partial charge in [0, 0.05) is 19.2 Å². The van der Waals surface area contributed by atoms with E-state index in [-0.39, 0.29) is 9.92 Å². The van der Waals surface area contributed by atoms with Crippen molar-refractivity contribution in [3.05, 3.63) is 33.3 Å². The summed E-state index contributed by atoms with van der Waals surface area (Å²) in [6.45, 7) is 2.54. The summed E-state index contributed by atoms with van der Waals surface area (Å²) < 4.78 is 26.6. The summed E-state index contributed by atoms with van der Waals surface area (Å²) in [5.74, 6) is 0.643. The van der Waals surface area contributed by atoms with Crippen molar-refractivity contribution in [3.63, 3.8) is 0 Å². The highest BCUT2D eigenvalue weighted by atomic mass is 35.5. The van der Waals surface area contributed by atoms with Crippen molar-refractivity contribution in [2.24, 2.45) is 11.8 Å². The summed E-state index contributed by atoms with van der Waals surface area (Å²) in [6, 6.07) is 3.60. The number of benzene rings is 1. The minimum atomic E-state index is -3.71. The number of sulfonamides is 1. The molecule has 1 N–H and O–H groups in total. The van der Waals surface area contributed by atoms with Crippen molar-refractivity contribution in [1.29, 1.82) is 0 Å². The fourth-order valence-electron chi connectivity index (χ4n) is 2.95. The summed E-state index contributed by atoms with van der Waals surface area (Å²) in [5.41, 5.74) is -0.390. The molecule has 0 unspecified atom stereocenters. The summed E-state index contributed by atoms with van der Waals surface area (Å²) >= 11 is 5.72. The SMILES string of the molecule is O=[N+]([O-])c1cc(S(=O)(=O)N2C[C@H]3CNC[C@H]3C2)ccc1Cl. The van der Waals surface area contributed by atoms with E-state index in [9.17, 15) is 18.5 Å². The molecule has 2 saturated heterocycles. The Bertz CT molecular complexity index is 682. The van der Waals surface area contributed by atoms with Gasteiger partial charge in [-0.15, -0.1) is 0 Å². The second kappa shape index (κ2) is 5.20. The molecule has 0 amide bonds. The minimum absolute atomic E-state index is 0.0681. The average Bonchev–Trinajstić information content (AvgIpc) is 2.99. The molecule has 0 spiro atoms. The fraction of sp³-hybridized carbons (Fsp3) is 0.500. The minimum Gasteiger partial charge on any atom is -0.316 e. The number of fused-ring (bicyclic) bond motifs is 1. The predicted octanol–water partition coefficient (Wildman–Crippen LogP) is 1.09. The van der Waals surface area contributed by atoms with Crippen LogP contribution in [0.1, 0.15) is 0 Å². The Hall–Kier alpha value is -1.22. The van der Waals surface area contributed by atoms with Crippen LogP contribution in [0, 0.1) is 22.0 Å². The lowest BCUT2D eigenvalue weighted by Gasteiger charge is -2.17. The normalized spacial score (nSPS) is 26.0. The number of nitro benzene ring substituents is 1. The number of hydrogen-bond acceptors (Lipinski definition) is 5. The van der Waals surface area contributed by atoms with E-state index >= 15 is 0 Å². The Morgan fingerprint density at radius 1 is 1.29 bits per heavy atom. The van der Waals surface area contributed by atoms with Gasteiger partial charge in [0.2, 0.25) is 10.0 Å². The molecule has 2 atom stereocenters. The van der Waals surface area contributed by atoms with Crippen molar-refractivity contribution in [2.45, 2.75) is 4.90 Å². The van der Waals surface area contributed by atoms with E-state index in [4.69, 9.17) is 11.6 Å². The number of halogens is 1. The van der Waals surface area contributed by atoms with Gasteiger partial charge in [0.15, 0.2) is 0 Å². The number of nitro groups is 1. The molecule has 3 rings (SSSR count). The molecule has 1 aromatic rings. The Kier molecular flexibility index (Phi) is 3.64. The number of nitrogens with one attached hydrogen (secondary N) is 1. The Labute approximate surface area is 127 Å². The first-order valence-electron chi connectivity index (χ1n) is 6.54. The summed E-state index contributed by atoms with van der Waals surface area (Å²) in [4.78, 5) is 10.1. The number of rotatable bonds is 3. The lowest BCUT2D eigenvalue weighted by molar-refractivity contribution is -0.384. The van der Waals surface area contributed by atoms with Crippen molar-refractivity contribution in [2.75, 3.05) is 26.2 Å². The molecule has 2 fully saturated rings. The van der Waals surface area contributed by atoms with Crippen LogP contribution in [0.3, 0.4) is 0 Å². The van der Waals surface area contributed by atoms with Crippen molar-refractivity contribution in [3.8, 4) is 0 Å². The van der Waals surface area contributed by atoms with Crippen LogP contribution >= 0.6 is 11.6 Å². The maximum absolute atomic E-state index is 12.6. The van der Waals surface area contributed by atoms with Crippen LogP contribution < -0.4 is 5.32 Å². The third-order valence-electron chi connectivity index (χ3n) is 4.11. The van der Waals surface area contributed by atoms with Gasteiger partial charge in [-0.05, 0) is 37.1 Å². The maximum Gasteiger partial charge on any atom is 0.289 e. The molecule has 21 heavy (non-hydrogen) atoms. The van der Waals surface area contributed by atoms with Gasteiger partial charge in [0.05, 0.1) is 9.82 Å². The molecular formula is C12H14ClN3O4S. The molecular weight excluding hydrogens is 318 g/mol. The van der Waals surface area contributed by atoms with E-state index in [0.717, 1.165) is 19.2 Å². The lowest BCUT2D eigenvalue weighted by atomic mass is 10.0. The Morgan fingerprint density at radius 2 is 1.90 bits per heavy atom. The molecule has 0 aromatic heterocycles. The van der Waals surface area contributed by atoms with E-state index in [2.05, 4.69) is 5.32 Å². The monoisotopic (exact) mass is 331 g/mol. The second-order valence-corrected chi connectivity index (χ2v) is 7.72. The van der Waals surface area contributed by atoms with Gasteiger partial charge in [-0.25, -0.2) is 8.42 Å². The first-order chi connectivity index (χ1) is 9.89. The zero-order valence-corrected chi connectivity index (χ0v) is 12.6. The molecule has 0 saturated carbocycles. The second-order valence-electron chi connectivity index (χ2n) is 5.37. The number of nitrogens with zero attached hydrogens (tertiary/aromatic N) is 2. The highest BCUT2D eigenvalue weighted by Crippen LogP contribution is 2.33.